The molecule has 0 aliphatic carbocycles. The van der Waals surface area contributed by atoms with Crippen LogP contribution < -0.4 is 0 Å². The van der Waals surface area contributed by atoms with Gasteiger partial charge in [-0.1, -0.05) is 6.07 Å². The lowest BCUT2D eigenvalue weighted by Crippen LogP contribution is -2.12. The highest BCUT2D eigenvalue weighted by Crippen LogP contribution is 2.31. The predicted octanol–water partition coefficient (Wildman–Crippen LogP) is 2.06. The van der Waals surface area contributed by atoms with E-state index < -0.39 is 0 Å². The van der Waals surface area contributed by atoms with Crippen LogP contribution >= 0.6 is 0 Å². The zero-order valence-electron chi connectivity index (χ0n) is 7.91. The highest BCUT2D eigenvalue weighted by molar-refractivity contribution is 5.41. The van der Waals surface area contributed by atoms with Crippen molar-refractivity contribution in [3.63, 3.8) is 0 Å². The van der Waals surface area contributed by atoms with Crippen LogP contribution in [-0.2, 0) is 6.54 Å². The molecule has 13 heavy (non-hydrogen) atoms. The fourth-order valence-electron chi connectivity index (χ4n) is 1.84. The number of nitrogens with zero attached hydrogens (tertiary/aromatic N) is 2. The Balaban J connectivity index is 2.49. The van der Waals surface area contributed by atoms with Crippen LogP contribution in [0, 0.1) is 11.3 Å². The number of hydrogen-bond acceptors (Lipinski definition) is 2. The van der Waals surface area contributed by atoms with Crippen molar-refractivity contribution >= 4 is 0 Å². The Morgan fingerprint density at radius 2 is 2.31 bits per heavy atom. The van der Waals surface area contributed by atoms with Crippen LogP contribution in [0.15, 0.2) is 18.2 Å². The van der Waals surface area contributed by atoms with Gasteiger partial charge in [0.25, 0.3) is 0 Å². The summed E-state index contributed by atoms with van der Waals surface area (Å²) in [4.78, 5) is 2.28. The third-order valence-electron chi connectivity index (χ3n) is 2.81. The van der Waals surface area contributed by atoms with E-state index in [0.29, 0.717) is 6.04 Å². The van der Waals surface area contributed by atoms with E-state index in [1.165, 1.54) is 11.1 Å². The molecular formula is C11H12N2. The summed E-state index contributed by atoms with van der Waals surface area (Å²) in [6, 6.07) is 8.58. The number of rotatable bonds is 0. The monoisotopic (exact) mass is 172 g/mol. The SMILES string of the molecule is CC1c2cc(C#N)ccc2CN1C. The molecule has 0 aromatic heterocycles. The minimum Gasteiger partial charge on any atom is -0.295 e. The summed E-state index contributed by atoms with van der Waals surface area (Å²) in [6.07, 6.45) is 0. The van der Waals surface area contributed by atoms with Gasteiger partial charge in [0.2, 0.25) is 0 Å². The summed E-state index contributed by atoms with van der Waals surface area (Å²) in [7, 11) is 2.11. The summed E-state index contributed by atoms with van der Waals surface area (Å²) in [5.74, 6) is 0. The van der Waals surface area contributed by atoms with Crippen LogP contribution in [0.25, 0.3) is 0 Å². The van der Waals surface area contributed by atoms with Crippen molar-refractivity contribution in [2.24, 2.45) is 0 Å². The molecule has 1 atom stereocenters. The third-order valence-corrected chi connectivity index (χ3v) is 2.81. The van der Waals surface area contributed by atoms with E-state index in [9.17, 15) is 0 Å². The first-order valence-corrected chi connectivity index (χ1v) is 4.45. The average Bonchev–Trinajstić information content (AvgIpc) is 2.43. The van der Waals surface area contributed by atoms with Gasteiger partial charge in [0, 0.05) is 12.6 Å². The Bertz CT molecular complexity index is 376. The predicted molar refractivity (Wildman–Crippen MR) is 51.0 cm³/mol. The van der Waals surface area contributed by atoms with Crippen molar-refractivity contribution in [1.29, 1.82) is 5.26 Å². The summed E-state index contributed by atoms with van der Waals surface area (Å²) < 4.78 is 0. The second-order valence-corrected chi connectivity index (χ2v) is 3.62. The number of hydrogen-bond donors (Lipinski definition) is 0. The molecule has 66 valence electrons. The Hall–Kier alpha value is -1.33. The minimum atomic E-state index is 0.447. The normalized spacial score (nSPS) is 21.2. The van der Waals surface area contributed by atoms with Crippen molar-refractivity contribution in [3.8, 4) is 6.07 Å². The van der Waals surface area contributed by atoms with E-state index in [2.05, 4.69) is 31.0 Å². The maximum Gasteiger partial charge on any atom is 0.0991 e. The van der Waals surface area contributed by atoms with Gasteiger partial charge in [0.1, 0.15) is 0 Å². The molecule has 2 nitrogen and oxygen atoms in total. The van der Waals surface area contributed by atoms with Crippen LogP contribution in [0.4, 0.5) is 0 Å². The van der Waals surface area contributed by atoms with Crippen molar-refractivity contribution in [2.45, 2.75) is 19.5 Å². The Kier molecular flexibility index (Phi) is 1.82. The summed E-state index contributed by atoms with van der Waals surface area (Å²) >= 11 is 0. The molecule has 0 amide bonds. The van der Waals surface area contributed by atoms with Gasteiger partial charge in [-0.25, -0.2) is 0 Å². The van der Waals surface area contributed by atoms with Crippen LogP contribution in [0.1, 0.15) is 29.7 Å². The summed E-state index contributed by atoms with van der Waals surface area (Å²) in [6.45, 7) is 3.18. The van der Waals surface area contributed by atoms with Crippen LogP contribution in [0.5, 0.6) is 0 Å². The zero-order valence-corrected chi connectivity index (χ0v) is 7.91. The molecule has 2 heteroatoms. The highest BCUT2D eigenvalue weighted by atomic mass is 15.1. The molecule has 1 aliphatic heterocycles. The molecule has 0 spiro atoms. The van der Waals surface area contributed by atoms with Gasteiger partial charge in [-0.2, -0.15) is 5.26 Å². The maximum atomic E-state index is 8.76. The summed E-state index contributed by atoms with van der Waals surface area (Å²) in [5, 5.41) is 8.76. The van der Waals surface area contributed by atoms with Gasteiger partial charge in [-0.15, -0.1) is 0 Å². The molecule has 0 bridgehead atoms. The van der Waals surface area contributed by atoms with Crippen LogP contribution in [0.3, 0.4) is 0 Å². The minimum absolute atomic E-state index is 0.447. The summed E-state index contributed by atoms with van der Waals surface area (Å²) in [5.41, 5.74) is 3.43. The molecule has 0 saturated heterocycles. The first-order chi connectivity index (χ1) is 6.22. The van der Waals surface area contributed by atoms with Gasteiger partial charge in [0.05, 0.1) is 11.6 Å². The van der Waals surface area contributed by atoms with Crippen LogP contribution in [-0.4, -0.2) is 11.9 Å². The Labute approximate surface area is 78.4 Å². The van der Waals surface area contributed by atoms with Crippen molar-refractivity contribution in [1.82, 2.24) is 4.90 Å². The van der Waals surface area contributed by atoms with E-state index in [-0.39, 0.29) is 0 Å². The van der Waals surface area contributed by atoms with Gasteiger partial charge in [-0.3, -0.25) is 4.90 Å². The van der Waals surface area contributed by atoms with E-state index in [4.69, 9.17) is 5.26 Å². The van der Waals surface area contributed by atoms with Crippen molar-refractivity contribution in [2.75, 3.05) is 7.05 Å². The first kappa shape index (κ1) is 8.28. The number of benzene rings is 1. The number of nitriles is 1. The standard InChI is InChI=1S/C11H12N2/c1-8-11-5-9(6-12)3-4-10(11)7-13(8)2/h3-5,8H,7H2,1-2H3. The van der Waals surface area contributed by atoms with Gasteiger partial charge < -0.3 is 0 Å². The maximum absolute atomic E-state index is 8.76. The molecule has 0 fully saturated rings. The quantitative estimate of drug-likeness (QED) is 0.599. The van der Waals surface area contributed by atoms with E-state index in [0.717, 1.165) is 12.1 Å². The fourth-order valence-corrected chi connectivity index (χ4v) is 1.84. The molecule has 0 saturated carbocycles. The zero-order chi connectivity index (χ0) is 9.42. The molecule has 1 aromatic carbocycles. The molecule has 2 rings (SSSR count). The Morgan fingerprint density at radius 3 is 3.00 bits per heavy atom. The Morgan fingerprint density at radius 1 is 1.54 bits per heavy atom. The van der Waals surface area contributed by atoms with Gasteiger partial charge in [0.15, 0.2) is 0 Å². The molecular weight excluding hydrogens is 160 g/mol. The van der Waals surface area contributed by atoms with E-state index in [1.807, 2.05) is 12.1 Å². The lowest BCUT2D eigenvalue weighted by molar-refractivity contribution is 0.286. The van der Waals surface area contributed by atoms with Gasteiger partial charge >= 0.3 is 0 Å². The topological polar surface area (TPSA) is 27.0 Å². The lowest BCUT2D eigenvalue weighted by Gasteiger charge is -2.14. The average molecular weight is 172 g/mol. The molecule has 0 radical (unpaired) electrons. The second kappa shape index (κ2) is 2.86. The second-order valence-electron chi connectivity index (χ2n) is 3.62. The molecule has 1 unspecified atom stereocenters. The lowest BCUT2D eigenvalue weighted by atomic mass is 10.0. The molecule has 1 aromatic rings. The fraction of sp³-hybridized carbons (Fsp3) is 0.364. The van der Waals surface area contributed by atoms with Crippen molar-refractivity contribution < 1.29 is 0 Å². The van der Waals surface area contributed by atoms with Crippen LogP contribution in [0.2, 0.25) is 0 Å². The number of fused-ring (bicyclic) bond motifs is 1. The smallest absolute Gasteiger partial charge is 0.0991 e. The first-order valence-electron chi connectivity index (χ1n) is 4.45. The third kappa shape index (κ3) is 1.22. The van der Waals surface area contributed by atoms with E-state index >= 15 is 0 Å². The van der Waals surface area contributed by atoms with Crippen molar-refractivity contribution in [3.05, 3.63) is 34.9 Å². The van der Waals surface area contributed by atoms with Gasteiger partial charge in [-0.05, 0) is 37.2 Å². The molecule has 0 N–H and O–H groups in total. The molecule has 1 aliphatic rings. The molecule has 1 heterocycles. The highest BCUT2D eigenvalue weighted by Gasteiger charge is 2.23. The largest absolute Gasteiger partial charge is 0.295 e. The van der Waals surface area contributed by atoms with E-state index in [1.54, 1.807) is 0 Å².